The number of anilines is 1. The maximum atomic E-state index is 13.9. The van der Waals surface area contributed by atoms with Crippen molar-refractivity contribution in [2.24, 2.45) is 29.4 Å². The lowest BCUT2D eigenvalue weighted by atomic mass is 9.60. The molecule has 270 valence electrons. The minimum atomic E-state index is -2.94. The molecule has 1 unspecified atom stereocenters. The first kappa shape index (κ1) is 36.5. The minimum absolute atomic E-state index is 0.0687. The van der Waals surface area contributed by atoms with Gasteiger partial charge in [0.15, 0.2) is 0 Å². The van der Waals surface area contributed by atoms with E-state index in [1.54, 1.807) is 6.07 Å². The van der Waals surface area contributed by atoms with Crippen LogP contribution in [0.25, 0.3) is 0 Å². The third-order valence-electron chi connectivity index (χ3n) is 12.8. The molecule has 1 saturated carbocycles. The van der Waals surface area contributed by atoms with Gasteiger partial charge in [0.25, 0.3) is 5.91 Å². The van der Waals surface area contributed by atoms with E-state index in [9.17, 15) is 14.1 Å². The number of hydrogen-bond donors (Lipinski definition) is 3. The van der Waals surface area contributed by atoms with E-state index in [-0.39, 0.29) is 28.4 Å². The lowest BCUT2D eigenvalue weighted by molar-refractivity contribution is -0.104. The number of aryl methyl sites for hydroxylation is 1. The summed E-state index contributed by atoms with van der Waals surface area (Å²) in [6.07, 6.45) is 11.3. The van der Waals surface area contributed by atoms with E-state index in [2.05, 4.69) is 41.5 Å². The van der Waals surface area contributed by atoms with Crippen molar-refractivity contribution in [3.8, 4) is 5.75 Å². The summed E-state index contributed by atoms with van der Waals surface area (Å²) >= 11 is 6.48. The summed E-state index contributed by atoms with van der Waals surface area (Å²) in [6, 6.07) is 11.9. The fourth-order valence-corrected chi connectivity index (χ4v) is 11.2. The summed E-state index contributed by atoms with van der Waals surface area (Å²) in [5, 5.41) is 13.2. The van der Waals surface area contributed by atoms with Crippen LogP contribution in [0.2, 0.25) is 5.02 Å². The molecule has 8 atom stereocenters. The van der Waals surface area contributed by atoms with Gasteiger partial charge in [-0.3, -0.25) is 9.52 Å². The second kappa shape index (κ2) is 14.8. The number of nitrogens with zero attached hydrogens (tertiary/aromatic N) is 1. The lowest BCUT2D eigenvalue weighted by Crippen LogP contribution is -2.53. The van der Waals surface area contributed by atoms with Crippen molar-refractivity contribution in [1.29, 1.82) is 0 Å². The van der Waals surface area contributed by atoms with Crippen molar-refractivity contribution in [3.63, 3.8) is 0 Å². The number of fused-ring (bicyclic) bond motifs is 4. The Morgan fingerprint density at radius 3 is 2.71 bits per heavy atom. The maximum absolute atomic E-state index is 13.9. The Balaban J connectivity index is 1.42. The standard InChI is InChI=1S/C40H58ClN3O4S/c1-5-29(10-8-20-42)23-40(46)19-6-9-27(2)28(3)49(4,47)43-38(45)31-13-17-37-36(22-31)44(24-32-12-15-35(32)40)25-39(26-48-37)18-7-11-30-21-33(41)14-16-34(30)39/h13-14,16-17,21-22,27-29,32,35,46H,4-12,15,18-20,23-26,42H2,1-3H3,(H,43,45,47)/t27-,28+,29-,32-,35+,39-,40+,49?/m0/s1. The van der Waals surface area contributed by atoms with Crippen LogP contribution in [-0.4, -0.2) is 58.2 Å². The Bertz CT molecular complexity index is 1620. The van der Waals surface area contributed by atoms with E-state index in [4.69, 9.17) is 22.1 Å². The molecule has 4 N–H and O–H groups in total. The molecule has 49 heavy (non-hydrogen) atoms. The van der Waals surface area contributed by atoms with Crippen molar-refractivity contribution >= 4 is 38.8 Å². The first-order valence-corrected chi connectivity index (χ1v) is 21.0. The van der Waals surface area contributed by atoms with Crippen molar-refractivity contribution in [2.45, 2.75) is 114 Å². The molecule has 2 aliphatic heterocycles. The van der Waals surface area contributed by atoms with Crippen LogP contribution >= 0.6 is 11.6 Å². The van der Waals surface area contributed by atoms with Gasteiger partial charge >= 0.3 is 0 Å². The molecule has 6 rings (SSSR count). The SMILES string of the molecule is C=S1(=O)NC(=O)c2ccc3c(c2)N(C[C@@H]2CC[C@H]2[C@](O)(C[C@@H](CC)CCCN)CCC[C@H](C)[C@H]1C)C[C@@]1(CCCc2cc(Cl)ccc21)CO3. The van der Waals surface area contributed by atoms with Crippen molar-refractivity contribution in [2.75, 3.05) is 31.1 Å². The van der Waals surface area contributed by atoms with Gasteiger partial charge in [0, 0.05) is 34.3 Å². The largest absolute Gasteiger partial charge is 0.490 e. The Morgan fingerprint density at radius 2 is 1.98 bits per heavy atom. The minimum Gasteiger partial charge on any atom is -0.490 e. The normalized spacial score (nSPS) is 34.1. The van der Waals surface area contributed by atoms with Gasteiger partial charge in [0.1, 0.15) is 5.75 Å². The third kappa shape index (κ3) is 7.54. The number of hydrogen-bond acceptors (Lipinski definition) is 6. The molecule has 2 aliphatic carbocycles. The summed E-state index contributed by atoms with van der Waals surface area (Å²) in [6.45, 7) is 8.99. The van der Waals surface area contributed by atoms with Crippen LogP contribution in [-0.2, 0) is 21.5 Å². The van der Waals surface area contributed by atoms with Crippen molar-refractivity contribution < 1.29 is 18.8 Å². The number of carbonyl (C=O) groups excluding carboxylic acids is 1. The van der Waals surface area contributed by atoms with Gasteiger partial charge in [-0.05, 0) is 149 Å². The Morgan fingerprint density at radius 1 is 1.16 bits per heavy atom. The first-order valence-electron chi connectivity index (χ1n) is 18.8. The predicted molar refractivity (Wildman–Crippen MR) is 203 cm³/mol. The van der Waals surface area contributed by atoms with Crippen LogP contribution in [0.4, 0.5) is 5.69 Å². The van der Waals surface area contributed by atoms with Gasteiger partial charge in [-0.1, -0.05) is 44.4 Å². The first-order chi connectivity index (χ1) is 23.4. The molecule has 2 heterocycles. The molecule has 2 aromatic rings. The number of halogens is 1. The molecule has 1 fully saturated rings. The highest BCUT2D eigenvalue weighted by Gasteiger charge is 2.49. The predicted octanol–water partition coefficient (Wildman–Crippen LogP) is 7.30. The second-order valence-corrected chi connectivity index (χ2v) is 18.8. The zero-order valence-electron chi connectivity index (χ0n) is 29.9. The van der Waals surface area contributed by atoms with Crippen LogP contribution in [0.3, 0.4) is 0 Å². The number of nitrogens with two attached hydrogens (primary N) is 1. The number of ether oxygens (including phenoxy) is 1. The Labute approximate surface area is 299 Å². The molecule has 2 bridgehead atoms. The highest BCUT2D eigenvalue weighted by molar-refractivity contribution is 7.99. The van der Waals surface area contributed by atoms with Gasteiger partial charge in [0.05, 0.1) is 27.6 Å². The average molecular weight is 712 g/mol. The quantitative estimate of drug-likeness (QED) is 0.272. The zero-order valence-corrected chi connectivity index (χ0v) is 31.4. The van der Waals surface area contributed by atoms with Gasteiger partial charge in [0.2, 0.25) is 0 Å². The lowest BCUT2D eigenvalue weighted by Gasteiger charge is -2.51. The molecule has 1 amide bonds. The van der Waals surface area contributed by atoms with Crippen LogP contribution in [0, 0.1) is 23.7 Å². The van der Waals surface area contributed by atoms with Crippen molar-refractivity contribution in [3.05, 3.63) is 58.1 Å². The van der Waals surface area contributed by atoms with Crippen molar-refractivity contribution in [1.82, 2.24) is 4.72 Å². The van der Waals surface area contributed by atoms with Gasteiger partial charge in [-0.25, -0.2) is 4.21 Å². The number of amides is 1. The fraction of sp³-hybridized carbons (Fsp3) is 0.650. The van der Waals surface area contributed by atoms with E-state index < -0.39 is 15.3 Å². The van der Waals surface area contributed by atoms with E-state index in [1.807, 2.05) is 25.1 Å². The second-order valence-electron chi connectivity index (χ2n) is 16.0. The zero-order chi connectivity index (χ0) is 35.0. The summed E-state index contributed by atoms with van der Waals surface area (Å²) in [4.78, 5) is 16.2. The van der Waals surface area contributed by atoms with E-state index in [1.165, 1.54) is 11.1 Å². The maximum Gasteiger partial charge on any atom is 0.262 e. The smallest absolute Gasteiger partial charge is 0.262 e. The molecule has 0 saturated heterocycles. The summed E-state index contributed by atoms with van der Waals surface area (Å²) < 4.78 is 23.5. The van der Waals surface area contributed by atoms with Gasteiger partial charge in [-0.2, -0.15) is 0 Å². The number of benzene rings is 2. The van der Waals surface area contributed by atoms with Gasteiger partial charge < -0.3 is 20.5 Å². The Hall–Kier alpha value is -2.26. The summed E-state index contributed by atoms with van der Waals surface area (Å²) in [5.74, 6) is 5.42. The van der Waals surface area contributed by atoms with Crippen LogP contribution in [0.1, 0.15) is 113 Å². The van der Waals surface area contributed by atoms with E-state index >= 15 is 0 Å². The third-order valence-corrected chi connectivity index (χ3v) is 15.3. The van der Waals surface area contributed by atoms with Crippen LogP contribution in [0.5, 0.6) is 5.75 Å². The monoisotopic (exact) mass is 711 g/mol. The average Bonchev–Trinajstić information content (AvgIpc) is 3.20. The molecular formula is C40H58ClN3O4S. The Kier molecular flexibility index (Phi) is 11.0. The molecule has 7 nitrogen and oxygen atoms in total. The molecule has 4 aliphatic rings. The molecule has 0 aromatic heterocycles. The van der Waals surface area contributed by atoms with Crippen LogP contribution in [0.15, 0.2) is 36.4 Å². The molecule has 2 aromatic carbocycles. The highest BCUT2D eigenvalue weighted by atomic mass is 35.5. The topological polar surface area (TPSA) is 105 Å². The number of nitrogens with one attached hydrogen (secondary N) is 1. The fourth-order valence-electron chi connectivity index (χ4n) is 9.48. The number of carbonyl (C=O) groups is 1. The van der Waals surface area contributed by atoms with Gasteiger partial charge in [-0.15, -0.1) is 0 Å². The molecule has 1 spiro atoms. The highest BCUT2D eigenvalue weighted by Crippen LogP contribution is 2.50. The summed E-state index contributed by atoms with van der Waals surface area (Å²) in [7, 11) is -2.94. The summed E-state index contributed by atoms with van der Waals surface area (Å²) in [5.41, 5.74) is 8.84. The number of rotatable bonds is 6. The van der Waals surface area contributed by atoms with E-state index in [0.29, 0.717) is 30.6 Å². The molecule has 9 heteroatoms. The number of aliphatic hydroxyl groups is 1. The van der Waals surface area contributed by atoms with Crippen LogP contribution < -0.4 is 20.1 Å². The van der Waals surface area contributed by atoms with E-state index in [0.717, 1.165) is 107 Å². The molecule has 0 radical (unpaired) electrons. The molecular weight excluding hydrogens is 654 g/mol.